The van der Waals surface area contributed by atoms with Gasteiger partial charge in [-0.05, 0) is 6.92 Å². The Kier molecular flexibility index (Phi) is 4.03. The van der Waals surface area contributed by atoms with Crippen LogP contribution < -0.4 is 9.80 Å². The average Bonchev–Trinajstić information content (AvgIpc) is 3.22. The molecule has 1 aliphatic heterocycles. The van der Waals surface area contributed by atoms with Crippen molar-refractivity contribution in [1.29, 1.82) is 0 Å². The molecule has 0 atom stereocenters. The van der Waals surface area contributed by atoms with E-state index in [1.54, 1.807) is 28.5 Å². The van der Waals surface area contributed by atoms with E-state index in [2.05, 4.69) is 35.2 Å². The third kappa shape index (κ3) is 2.69. The number of aryl methyl sites for hydroxylation is 1. The van der Waals surface area contributed by atoms with Crippen LogP contribution in [-0.4, -0.2) is 62.6 Å². The summed E-state index contributed by atoms with van der Waals surface area (Å²) < 4.78 is 1.72. The first-order valence-corrected chi connectivity index (χ1v) is 8.83. The fourth-order valence-electron chi connectivity index (χ4n) is 2.99. The van der Waals surface area contributed by atoms with Gasteiger partial charge in [-0.3, -0.25) is 0 Å². The van der Waals surface area contributed by atoms with E-state index in [-0.39, 0.29) is 6.61 Å². The van der Waals surface area contributed by atoms with Gasteiger partial charge in [0, 0.05) is 31.6 Å². The number of nitrogens with zero attached hydrogens (tertiary/aromatic N) is 7. The second-order valence-electron chi connectivity index (χ2n) is 5.77. The summed E-state index contributed by atoms with van der Waals surface area (Å²) in [5, 5.41) is 17.6. The van der Waals surface area contributed by atoms with Gasteiger partial charge in [0.1, 0.15) is 12.1 Å². The number of rotatable bonds is 4. The van der Waals surface area contributed by atoms with Gasteiger partial charge in [0.15, 0.2) is 10.8 Å². The zero-order valence-corrected chi connectivity index (χ0v) is 14.3. The van der Waals surface area contributed by atoms with Crippen molar-refractivity contribution in [2.45, 2.75) is 13.5 Å². The summed E-state index contributed by atoms with van der Waals surface area (Å²) in [4.78, 5) is 17.9. The molecule has 126 valence electrons. The molecule has 0 unspecified atom stereocenters. The highest BCUT2D eigenvalue weighted by molar-refractivity contribution is 7.13. The van der Waals surface area contributed by atoms with Crippen molar-refractivity contribution >= 4 is 33.3 Å². The van der Waals surface area contributed by atoms with Gasteiger partial charge < -0.3 is 14.9 Å². The van der Waals surface area contributed by atoms with E-state index in [4.69, 9.17) is 5.11 Å². The number of fused-ring (bicyclic) bond motifs is 1. The van der Waals surface area contributed by atoms with Gasteiger partial charge in [0.2, 0.25) is 0 Å². The first-order chi connectivity index (χ1) is 11.8. The molecule has 0 aromatic carbocycles. The van der Waals surface area contributed by atoms with Crippen LogP contribution in [0.15, 0.2) is 17.9 Å². The van der Waals surface area contributed by atoms with E-state index in [0.717, 1.165) is 53.9 Å². The van der Waals surface area contributed by atoms with E-state index in [1.165, 1.54) is 0 Å². The van der Waals surface area contributed by atoms with Gasteiger partial charge in [0.05, 0.1) is 30.4 Å². The number of thiazole rings is 1. The average molecular weight is 345 g/mol. The van der Waals surface area contributed by atoms with Gasteiger partial charge in [-0.25, -0.2) is 19.6 Å². The number of piperazine rings is 1. The first kappa shape index (κ1) is 15.3. The maximum atomic E-state index is 9.13. The van der Waals surface area contributed by atoms with Gasteiger partial charge in [-0.1, -0.05) is 0 Å². The lowest BCUT2D eigenvalue weighted by atomic mass is 10.3. The monoisotopic (exact) mass is 345 g/mol. The Morgan fingerprint density at radius 1 is 1.17 bits per heavy atom. The summed E-state index contributed by atoms with van der Waals surface area (Å²) in [6, 6.07) is 0. The molecule has 9 heteroatoms. The molecule has 4 heterocycles. The van der Waals surface area contributed by atoms with Gasteiger partial charge in [0.25, 0.3) is 0 Å². The Morgan fingerprint density at radius 2 is 1.96 bits per heavy atom. The van der Waals surface area contributed by atoms with Crippen LogP contribution in [0.2, 0.25) is 0 Å². The van der Waals surface area contributed by atoms with Crippen LogP contribution in [0, 0.1) is 6.92 Å². The van der Waals surface area contributed by atoms with Crippen LogP contribution >= 0.6 is 11.3 Å². The van der Waals surface area contributed by atoms with Crippen molar-refractivity contribution < 1.29 is 5.11 Å². The third-order valence-corrected chi connectivity index (χ3v) is 5.20. The Hall–Kier alpha value is -2.26. The molecular weight excluding hydrogens is 326 g/mol. The van der Waals surface area contributed by atoms with Crippen LogP contribution in [0.5, 0.6) is 0 Å². The molecule has 0 spiro atoms. The summed E-state index contributed by atoms with van der Waals surface area (Å²) in [6.45, 7) is 6.12. The summed E-state index contributed by atoms with van der Waals surface area (Å²) >= 11 is 1.70. The highest BCUT2D eigenvalue weighted by Gasteiger charge is 2.22. The fourth-order valence-corrected chi connectivity index (χ4v) is 3.84. The molecule has 1 aliphatic rings. The Bertz CT molecular complexity index is 837. The summed E-state index contributed by atoms with van der Waals surface area (Å²) in [5.41, 5.74) is 1.85. The molecule has 3 aromatic heterocycles. The summed E-state index contributed by atoms with van der Waals surface area (Å²) in [5.74, 6) is 0.916. The number of hydrogen-bond acceptors (Lipinski definition) is 8. The summed E-state index contributed by atoms with van der Waals surface area (Å²) in [7, 11) is 0. The van der Waals surface area contributed by atoms with Crippen molar-refractivity contribution in [2.24, 2.45) is 0 Å². The molecule has 1 fully saturated rings. The van der Waals surface area contributed by atoms with Crippen molar-refractivity contribution in [1.82, 2.24) is 24.7 Å². The van der Waals surface area contributed by atoms with Crippen molar-refractivity contribution in [3.63, 3.8) is 0 Å². The van der Waals surface area contributed by atoms with Crippen LogP contribution in [0.4, 0.5) is 10.9 Å². The molecule has 8 nitrogen and oxygen atoms in total. The molecule has 1 N–H and O–H groups in total. The molecule has 0 saturated carbocycles. The number of aliphatic hydroxyl groups excluding tert-OH is 1. The quantitative estimate of drug-likeness (QED) is 0.752. The molecule has 0 bridgehead atoms. The largest absolute Gasteiger partial charge is 0.394 e. The minimum Gasteiger partial charge on any atom is -0.394 e. The molecule has 4 rings (SSSR count). The third-order valence-electron chi connectivity index (χ3n) is 4.18. The van der Waals surface area contributed by atoms with E-state index >= 15 is 0 Å². The zero-order chi connectivity index (χ0) is 16.5. The number of hydrogen-bond donors (Lipinski definition) is 1. The van der Waals surface area contributed by atoms with Gasteiger partial charge in [-0.2, -0.15) is 5.10 Å². The van der Waals surface area contributed by atoms with Crippen molar-refractivity contribution in [3.05, 3.63) is 23.6 Å². The topological polar surface area (TPSA) is 83.2 Å². The van der Waals surface area contributed by atoms with E-state index in [1.807, 2.05) is 6.92 Å². The minimum atomic E-state index is 0.0437. The number of aliphatic hydroxyl groups is 1. The maximum absolute atomic E-state index is 9.13. The molecule has 0 aliphatic carbocycles. The van der Waals surface area contributed by atoms with E-state index in [0.29, 0.717) is 6.54 Å². The molecule has 3 aromatic rings. The molecule has 1 saturated heterocycles. The number of aromatic nitrogens is 5. The molecular formula is C15H19N7OS. The Morgan fingerprint density at radius 3 is 2.67 bits per heavy atom. The van der Waals surface area contributed by atoms with Crippen LogP contribution in [0.1, 0.15) is 5.69 Å². The highest BCUT2D eigenvalue weighted by Crippen LogP contribution is 2.26. The Labute approximate surface area is 143 Å². The second-order valence-corrected chi connectivity index (χ2v) is 6.61. The molecule has 0 radical (unpaired) electrons. The number of anilines is 2. The SMILES string of the molecule is Cc1csc(N2CCN(c3ncnc4c3cnn4CCO)CC2)n1. The molecule has 0 amide bonds. The van der Waals surface area contributed by atoms with Crippen LogP contribution in [0.3, 0.4) is 0 Å². The smallest absolute Gasteiger partial charge is 0.185 e. The van der Waals surface area contributed by atoms with Crippen LogP contribution in [-0.2, 0) is 6.54 Å². The van der Waals surface area contributed by atoms with Crippen molar-refractivity contribution in [2.75, 3.05) is 42.6 Å². The van der Waals surface area contributed by atoms with Crippen molar-refractivity contribution in [3.8, 4) is 0 Å². The lowest BCUT2D eigenvalue weighted by Crippen LogP contribution is -2.46. The Balaban J connectivity index is 1.54. The minimum absolute atomic E-state index is 0.0437. The first-order valence-electron chi connectivity index (χ1n) is 7.95. The predicted octanol–water partition coefficient (Wildman–Crippen LogP) is 0.910. The maximum Gasteiger partial charge on any atom is 0.185 e. The zero-order valence-electron chi connectivity index (χ0n) is 13.5. The molecule has 24 heavy (non-hydrogen) atoms. The normalized spacial score (nSPS) is 15.4. The van der Waals surface area contributed by atoms with Gasteiger partial charge in [-0.15, -0.1) is 11.3 Å². The summed E-state index contributed by atoms with van der Waals surface area (Å²) in [6.07, 6.45) is 3.36. The predicted molar refractivity (Wildman–Crippen MR) is 93.7 cm³/mol. The second kappa shape index (κ2) is 6.33. The van der Waals surface area contributed by atoms with Gasteiger partial charge >= 0.3 is 0 Å². The van der Waals surface area contributed by atoms with E-state index < -0.39 is 0 Å². The standard InChI is InChI=1S/C15H19N7OS/c1-11-9-24-15(19-11)21-4-2-20(3-5-21)13-12-8-18-22(6-7-23)14(12)17-10-16-13/h8-10,23H,2-7H2,1H3. The fraction of sp³-hybridized carbons (Fsp3) is 0.467. The lowest BCUT2D eigenvalue weighted by molar-refractivity contribution is 0.271. The van der Waals surface area contributed by atoms with Crippen LogP contribution in [0.25, 0.3) is 11.0 Å². The highest BCUT2D eigenvalue weighted by atomic mass is 32.1. The van der Waals surface area contributed by atoms with E-state index in [9.17, 15) is 0 Å². The lowest BCUT2D eigenvalue weighted by Gasteiger charge is -2.35.